The molecule has 12 nitrogen and oxygen atoms in total. The van der Waals surface area contributed by atoms with Gasteiger partial charge in [-0.15, -0.1) is 0 Å². The lowest BCUT2D eigenvalue weighted by atomic mass is 10.0. The van der Waals surface area contributed by atoms with Crippen molar-refractivity contribution >= 4 is 35.5 Å². The van der Waals surface area contributed by atoms with Crippen molar-refractivity contribution in [2.24, 2.45) is 0 Å². The van der Waals surface area contributed by atoms with E-state index >= 15 is 0 Å². The van der Waals surface area contributed by atoms with Crippen LogP contribution in [0.2, 0.25) is 0 Å². The molecule has 2 saturated heterocycles. The molecule has 13 heteroatoms. The quantitative estimate of drug-likeness (QED) is 0.0988. The smallest absolute Gasteiger partial charge is 0.331 e. The first-order chi connectivity index (χ1) is 18.0. The van der Waals surface area contributed by atoms with E-state index in [0.717, 1.165) is 25.0 Å². The molecule has 2 heterocycles. The Bertz CT molecular complexity index is 713. The molecule has 0 aliphatic carbocycles. The summed E-state index contributed by atoms with van der Waals surface area (Å²) in [5, 5.41) is 9.05. The fourth-order valence-corrected chi connectivity index (χ4v) is 5.48. The number of urea groups is 1. The Balaban J connectivity index is 1.29. The summed E-state index contributed by atoms with van der Waals surface area (Å²) in [5.41, 5.74) is 0. The summed E-state index contributed by atoms with van der Waals surface area (Å²) in [6, 6.07) is 0.406. The van der Waals surface area contributed by atoms with Crippen LogP contribution in [0.25, 0.3) is 0 Å². The van der Waals surface area contributed by atoms with Crippen molar-refractivity contribution in [3.63, 3.8) is 0 Å². The fraction of sp³-hybridized carbons (Fsp3) is 0.833. The second kappa shape index (κ2) is 19.2. The number of methoxy groups -OCH3 is 1. The lowest BCUT2D eigenvalue weighted by Gasteiger charge is -2.16. The number of rotatable bonds is 22. The molecule has 0 spiro atoms. The molecule has 0 aromatic carbocycles. The van der Waals surface area contributed by atoms with Crippen LogP contribution in [-0.2, 0) is 38.1 Å². The van der Waals surface area contributed by atoms with E-state index in [-0.39, 0.29) is 49.6 Å². The van der Waals surface area contributed by atoms with Gasteiger partial charge in [0.25, 0.3) is 0 Å². The minimum absolute atomic E-state index is 0.0618. The molecular weight excluding hydrogens is 506 g/mol. The summed E-state index contributed by atoms with van der Waals surface area (Å²) in [4.78, 5) is 46.0. The summed E-state index contributed by atoms with van der Waals surface area (Å²) in [5.74, 6) is 0.525. The number of carbonyl (C=O) groups excluding carboxylic acids is 4. The van der Waals surface area contributed by atoms with Crippen LogP contribution in [0.4, 0.5) is 4.79 Å². The first-order valence-electron chi connectivity index (χ1n) is 12.8. The largest absolute Gasteiger partial charge is 0.467 e. The minimum atomic E-state index is -0.442. The molecule has 37 heavy (non-hydrogen) atoms. The van der Waals surface area contributed by atoms with Crippen molar-refractivity contribution in [2.75, 3.05) is 72.3 Å². The number of hydrogen-bond donors (Lipinski definition) is 3. The number of nitrogens with one attached hydrogen (secondary N) is 3. The Morgan fingerprint density at radius 1 is 0.892 bits per heavy atom. The van der Waals surface area contributed by atoms with Crippen molar-refractivity contribution in [1.29, 1.82) is 0 Å². The van der Waals surface area contributed by atoms with Crippen LogP contribution in [0.3, 0.4) is 0 Å². The maximum absolute atomic E-state index is 12.1. The van der Waals surface area contributed by atoms with Crippen molar-refractivity contribution in [3.8, 4) is 0 Å². The zero-order valence-electron chi connectivity index (χ0n) is 21.6. The highest BCUT2D eigenvalue weighted by Crippen LogP contribution is 2.33. The molecule has 0 unspecified atom stereocenters. The number of amides is 3. The summed E-state index contributed by atoms with van der Waals surface area (Å²) in [6.07, 6.45) is 4.65. The lowest BCUT2D eigenvalue weighted by Crippen LogP contribution is -2.36. The minimum Gasteiger partial charge on any atom is -0.467 e. The molecule has 3 atom stereocenters. The lowest BCUT2D eigenvalue weighted by molar-refractivity contribution is -0.146. The molecule has 2 fully saturated rings. The molecule has 2 rings (SSSR count). The van der Waals surface area contributed by atoms with Gasteiger partial charge in [0.2, 0.25) is 5.91 Å². The van der Waals surface area contributed by atoms with Crippen LogP contribution in [0.5, 0.6) is 0 Å². The van der Waals surface area contributed by atoms with Crippen LogP contribution >= 0.6 is 11.8 Å². The number of fused-ring (bicyclic) bond motifs is 1. The number of Topliss-reactive ketones (excluding diaryl/α,β-unsaturated/α-hetero) is 1. The van der Waals surface area contributed by atoms with Gasteiger partial charge in [0, 0.05) is 37.0 Å². The van der Waals surface area contributed by atoms with E-state index in [1.807, 2.05) is 11.8 Å². The highest BCUT2D eigenvalue weighted by atomic mass is 32.2. The average Bonchev–Trinajstić information content (AvgIpc) is 3.43. The normalized spacial score (nSPS) is 20.2. The highest BCUT2D eigenvalue weighted by molar-refractivity contribution is 8.00. The summed E-state index contributed by atoms with van der Waals surface area (Å²) < 4.78 is 25.5. The van der Waals surface area contributed by atoms with Crippen molar-refractivity contribution in [3.05, 3.63) is 0 Å². The summed E-state index contributed by atoms with van der Waals surface area (Å²) in [7, 11) is 1.29. The number of thioether (sulfide) groups is 1. The summed E-state index contributed by atoms with van der Waals surface area (Å²) in [6.45, 7) is 2.22. The number of ketones is 1. The van der Waals surface area contributed by atoms with Crippen LogP contribution in [-0.4, -0.2) is 113 Å². The molecule has 3 N–H and O–H groups in total. The second-order valence-corrected chi connectivity index (χ2v) is 10.0. The van der Waals surface area contributed by atoms with Gasteiger partial charge in [-0.05, 0) is 19.3 Å². The Morgan fingerprint density at radius 3 is 2.38 bits per heavy atom. The monoisotopic (exact) mass is 547 g/mol. The Morgan fingerprint density at radius 2 is 1.59 bits per heavy atom. The Labute approximate surface area is 222 Å². The van der Waals surface area contributed by atoms with Gasteiger partial charge < -0.3 is 39.6 Å². The van der Waals surface area contributed by atoms with Gasteiger partial charge in [0.15, 0.2) is 0 Å². The number of unbranched alkanes of at least 4 members (excludes halogenated alkanes) is 1. The SMILES string of the molecule is COC(=O)COCCOCCNC(=O)COCCOCCCC(=O)CCCC[C@@H]1SC[C@@H]2NC(=O)N[C@@H]21. The third-order valence-electron chi connectivity index (χ3n) is 5.87. The molecule has 0 saturated carbocycles. The molecule has 0 aromatic heterocycles. The zero-order valence-corrected chi connectivity index (χ0v) is 22.4. The molecule has 2 aliphatic heterocycles. The van der Waals surface area contributed by atoms with Gasteiger partial charge in [0.1, 0.15) is 19.0 Å². The van der Waals surface area contributed by atoms with Crippen molar-refractivity contribution in [2.45, 2.75) is 55.9 Å². The molecular formula is C24H41N3O9S. The maximum Gasteiger partial charge on any atom is 0.331 e. The Hall–Kier alpha value is -1.93. The third-order valence-corrected chi connectivity index (χ3v) is 7.38. The van der Waals surface area contributed by atoms with Gasteiger partial charge in [-0.25, -0.2) is 9.59 Å². The number of carbonyl (C=O) groups is 4. The second-order valence-electron chi connectivity index (χ2n) is 8.77. The van der Waals surface area contributed by atoms with Gasteiger partial charge in [-0.3, -0.25) is 9.59 Å². The van der Waals surface area contributed by atoms with E-state index in [2.05, 4.69) is 20.7 Å². The standard InChI is InChI=1S/C24H41N3O9S/c1-32-22(30)16-36-14-12-34-10-8-25-21(29)15-35-13-11-33-9-4-6-18(28)5-2-3-7-20-23-19(17-37-20)26-24(31)27-23/h19-20,23H,2-17H2,1H3,(H,25,29)(H2,26,27,31)/t19-,20-,23-/m0/s1. The first-order valence-corrected chi connectivity index (χ1v) is 13.9. The predicted octanol–water partition coefficient (Wildman–Crippen LogP) is 0.417. The predicted molar refractivity (Wildman–Crippen MR) is 137 cm³/mol. The number of ether oxygens (including phenoxy) is 5. The van der Waals surface area contributed by atoms with Crippen LogP contribution in [0.1, 0.15) is 38.5 Å². The van der Waals surface area contributed by atoms with Gasteiger partial charge in [-0.2, -0.15) is 11.8 Å². The molecule has 0 aromatic rings. The van der Waals surface area contributed by atoms with Crippen LogP contribution in [0, 0.1) is 0 Å². The van der Waals surface area contributed by atoms with Gasteiger partial charge >= 0.3 is 12.0 Å². The van der Waals surface area contributed by atoms with Crippen molar-refractivity contribution in [1.82, 2.24) is 16.0 Å². The van der Waals surface area contributed by atoms with E-state index in [0.29, 0.717) is 64.1 Å². The van der Waals surface area contributed by atoms with Gasteiger partial charge in [-0.1, -0.05) is 6.42 Å². The highest BCUT2D eigenvalue weighted by Gasteiger charge is 2.42. The van der Waals surface area contributed by atoms with E-state index in [9.17, 15) is 19.2 Å². The fourth-order valence-electron chi connectivity index (χ4n) is 3.94. The van der Waals surface area contributed by atoms with E-state index in [1.54, 1.807) is 0 Å². The first kappa shape index (κ1) is 31.3. The van der Waals surface area contributed by atoms with Gasteiger partial charge in [0.05, 0.1) is 52.2 Å². The number of hydrogen-bond acceptors (Lipinski definition) is 10. The molecule has 3 amide bonds. The molecule has 0 radical (unpaired) electrons. The van der Waals surface area contributed by atoms with Crippen LogP contribution in [0.15, 0.2) is 0 Å². The topological polar surface area (TPSA) is 151 Å². The Kier molecular flexibility index (Phi) is 16.2. The number of esters is 1. The van der Waals surface area contributed by atoms with Crippen LogP contribution < -0.4 is 16.0 Å². The zero-order chi connectivity index (χ0) is 26.7. The molecule has 212 valence electrons. The third kappa shape index (κ3) is 14.0. The van der Waals surface area contributed by atoms with E-state index in [4.69, 9.17) is 18.9 Å². The molecule has 0 bridgehead atoms. The van der Waals surface area contributed by atoms with Crippen molar-refractivity contribution < 1.29 is 42.9 Å². The summed E-state index contributed by atoms with van der Waals surface area (Å²) >= 11 is 1.90. The van der Waals surface area contributed by atoms with E-state index < -0.39 is 5.97 Å². The maximum atomic E-state index is 12.1. The average molecular weight is 548 g/mol. The molecule has 2 aliphatic rings. The van der Waals surface area contributed by atoms with E-state index in [1.165, 1.54) is 7.11 Å².